The lowest BCUT2D eigenvalue weighted by Crippen LogP contribution is -1.96. The van der Waals surface area contributed by atoms with Crippen molar-refractivity contribution in [3.05, 3.63) is 22.8 Å². The predicted octanol–water partition coefficient (Wildman–Crippen LogP) is 3.42. The maximum Gasteiger partial charge on any atom is 0.126 e. The maximum absolute atomic E-state index is 6.03. The molecule has 14 heavy (non-hydrogen) atoms. The number of nitrogens with one attached hydrogen (secondary N) is 1. The van der Waals surface area contributed by atoms with Crippen LogP contribution in [-0.4, -0.2) is 17.8 Å². The Labute approximate surface area is 94.5 Å². The average molecular weight is 231 g/mol. The molecule has 1 rings (SSSR count). The number of thioether (sulfide) groups is 1. The summed E-state index contributed by atoms with van der Waals surface area (Å²) in [5.74, 6) is 2.92. The molecule has 0 atom stereocenters. The molecule has 78 valence electrons. The second kappa shape index (κ2) is 6.14. The number of anilines is 1. The summed E-state index contributed by atoms with van der Waals surface area (Å²) < 4.78 is 0. The van der Waals surface area contributed by atoms with Crippen molar-refractivity contribution in [1.82, 2.24) is 4.98 Å². The molecule has 1 aromatic heterocycles. The Bertz CT molecular complexity index is 291. The summed E-state index contributed by atoms with van der Waals surface area (Å²) in [6, 6.07) is 3.78. The van der Waals surface area contributed by atoms with Crippen LogP contribution in [0, 0.1) is 0 Å². The van der Waals surface area contributed by atoms with E-state index in [2.05, 4.69) is 17.2 Å². The van der Waals surface area contributed by atoms with Gasteiger partial charge in [-0.1, -0.05) is 18.5 Å². The molecular weight excluding hydrogens is 216 g/mol. The van der Waals surface area contributed by atoms with E-state index in [0.717, 1.165) is 28.0 Å². The zero-order valence-corrected chi connectivity index (χ0v) is 10.1. The molecule has 0 saturated carbocycles. The molecule has 0 unspecified atom stereocenters. The van der Waals surface area contributed by atoms with Gasteiger partial charge in [-0.3, -0.25) is 0 Å². The number of hydrogen-bond donors (Lipinski definition) is 1. The summed E-state index contributed by atoms with van der Waals surface area (Å²) in [6.07, 6.45) is 1.19. The predicted molar refractivity (Wildman–Crippen MR) is 65.2 cm³/mol. The molecule has 1 heterocycles. The van der Waals surface area contributed by atoms with Crippen molar-refractivity contribution in [2.75, 3.05) is 18.1 Å². The zero-order valence-electron chi connectivity index (χ0n) is 8.51. The van der Waals surface area contributed by atoms with Crippen LogP contribution in [0.1, 0.15) is 19.0 Å². The van der Waals surface area contributed by atoms with E-state index in [1.54, 1.807) is 0 Å². The van der Waals surface area contributed by atoms with E-state index >= 15 is 0 Å². The number of halogens is 1. The highest BCUT2D eigenvalue weighted by Crippen LogP contribution is 2.21. The zero-order chi connectivity index (χ0) is 10.4. The first-order chi connectivity index (χ1) is 6.77. The Morgan fingerprint density at radius 2 is 2.29 bits per heavy atom. The lowest BCUT2D eigenvalue weighted by atomic mass is 10.3. The van der Waals surface area contributed by atoms with Gasteiger partial charge in [0.25, 0.3) is 0 Å². The van der Waals surface area contributed by atoms with E-state index in [-0.39, 0.29) is 0 Å². The van der Waals surface area contributed by atoms with Gasteiger partial charge < -0.3 is 5.32 Å². The van der Waals surface area contributed by atoms with Crippen molar-refractivity contribution in [2.24, 2.45) is 0 Å². The SMILES string of the molecule is CCCSCc1nc(NC)ccc1Cl. The lowest BCUT2D eigenvalue weighted by molar-refractivity contribution is 1.10. The van der Waals surface area contributed by atoms with Crippen molar-refractivity contribution >= 4 is 29.2 Å². The summed E-state index contributed by atoms with van der Waals surface area (Å²) in [4.78, 5) is 4.40. The molecule has 0 amide bonds. The fourth-order valence-electron chi connectivity index (χ4n) is 1.04. The summed E-state index contributed by atoms with van der Waals surface area (Å²) in [5, 5.41) is 3.76. The first kappa shape index (κ1) is 11.7. The molecule has 0 aliphatic rings. The molecule has 1 aromatic rings. The van der Waals surface area contributed by atoms with Crippen LogP contribution in [0.2, 0.25) is 5.02 Å². The lowest BCUT2D eigenvalue weighted by Gasteiger charge is -2.05. The Kier molecular flexibility index (Phi) is 5.12. The van der Waals surface area contributed by atoms with Crippen molar-refractivity contribution in [3.8, 4) is 0 Å². The fourth-order valence-corrected chi connectivity index (χ4v) is 2.14. The largest absolute Gasteiger partial charge is 0.373 e. The molecule has 1 N–H and O–H groups in total. The highest BCUT2D eigenvalue weighted by Gasteiger charge is 2.02. The van der Waals surface area contributed by atoms with Gasteiger partial charge >= 0.3 is 0 Å². The van der Waals surface area contributed by atoms with Crippen molar-refractivity contribution in [1.29, 1.82) is 0 Å². The molecule has 0 saturated heterocycles. The number of hydrogen-bond acceptors (Lipinski definition) is 3. The Morgan fingerprint density at radius 3 is 2.93 bits per heavy atom. The maximum atomic E-state index is 6.03. The summed E-state index contributed by atoms with van der Waals surface area (Å²) in [7, 11) is 1.86. The van der Waals surface area contributed by atoms with Crippen LogP contribution >= 0.6 is 23.4 Å². The summed E-state index contributed by atoms with van der Waals surface area (Å²) in [6.45, 7) is 2.17. The molecule has 0 bridgehead atoms. The normalized spacial score (nSPS) is 10.2. The van der Waals surface area contributed by atoms with Gasteiger partial charge in [-0.25, -0.2) is 4.98 Å². The smallest absolute Gasteiger partial charge is 0.126 e. The topological polar surface area (TPSA) is 24.9 Å². The van der Waals surface area contributed by atoms with E-state index in [0.29, 0.717) is 0 Å². The number of rotatable bonds is 5. The minimum atomic E-state index is 0.757. The van der Waals surface area contributed by atoms with Gasteiger partial charge in [0, 0.05) is 12.8 Å². The molecule has 0 radical (unpaired) electrons. The third-order valence-corrected chi connectivity index (χ3v) is 3.28. The van der Waals surface area contributed by atoms with Crippen LogP contribution in [0.5, 0.6) is 0 Å². The number of nitrogens with zero attached hydrogens (tertiary/aromatic N) is 1. The van der Waals surface area contributed by atoms with Crippen LogP contribution in [0.15, 0.2) is 12.1 Å². The van der Waals surface area contributed by atoms with Crippen LogP contribution in [-0.2, 0) is 5.75 Å². The third kappa shape index (κ3) is 3.39. The second-order valence-corrected chi connectivity index (χ2v) is 4.44. The van der Waals surface area contributed by atoms with Crippen molar-refractivity contribution < 1.29 is 0 Å². The first-order valence-corrected chi connectivity index (χ1v) is 6.22. The minimum absolute atomic E-state index is 0.757. The van der Waals surface area contributed by atoms with Gasteiger partial charge in [0.15, 0.2) is 0 Å². The average Bonchev–Trinajstić information content (AvgIpc) is 2.21. The van der Waals surface area contributed by atoms with Gasteiger partial charge in [0.1, 0.15) is 5.82 Å². The third-order valence-electron chi connectivity index (χ3n) is 1.76. The molecule has 2 nitrogen and oxygen atoms in total. The van der Waals surface area contributed by atoms with Gasteiger partial charge in [-0.05, 0) is 24.3 Å². The molecule has 0 aromatic carbocycles. The number of aromatic nitrogens is 1. The van der Waals surface area contributed by atoms with E-state index in [1.807, 2.05) is 30.9 Å². The molecule has 4 heteroatoms. The van der Waals surface area contributed by atoms with E-state index in [9.17, 15) is 0 Å². The highest BCUT2D eigenvalue weighted by molar-refractivity contribution is 7.98. The molecule has 0 fully saturated rings. The molecule has 0 aliphatic heterocycles. The standard InChI is InChI=1S/C10H15ClN2S/c1-3-6-14-7-9-8(11)4-5-10(12-2)13-9/h4-5H,3,6-7H2,1-2H3,(H,12,13). The molecule has 0 aliphatic carbocycles. The quantitative estimate of drug-likeness (QED) is 0.785. The Balaban J connectivity index is 2.64. The van der Waals surface area contributed by atoms with Gasteiger partial charge in [0.2, 0.25) is 0 Å². The molecular formula is C10H15ClN2S. The second-order valence-electron chi connectivity index (χ2n) is 2.93. The van der Waals surface area contributed by atoms with E-state index < -0.39 is 0 Å². The summed E-state index contributed by atoms with van der Waals surface area (Å²) >= 11 is 7.89. The Hall–Kier alpha value is -0.410. The summed E-state index contributed by atoms with van der Waals surface area (Å²) in [5.41, 5.74) is 0.969. The molecule has 0 spiro atoms. The van der Waals surface area contributed by atoms with E-state index in [4.69, 9.17) is 11.6 Å². The van der Waals surface area contributed by atoms with Crippen LogP contribution in [0.25, 0.3) is 0 Å². The number of pyridine rings is 1. The van der Waals surface area contributed by atoms with Crippen LogP contribution in [0.4, 0.5) is 5.82 Å². The Morgan fingerprint density at radius 1 is 1.50 bits per heavy atom. The van der Waals surface area contributed by atoms with Gasteiger partial charge in [-0.15, -0.1) is 0 Å². The van der Waals surface area contributed by atoms with Crippen molar-refractivity contribution in [2.45, 2.75) is 19.1 Å². The van der Waals surface area contributed by atoms with Gasteiger partial charge in [0.05, 0.1) is 10.7 Å². The van der Waals surface area contributed by atoms with Crippen LogP contribution in [0.3, 0.4) is 0 Å². The highest BCUT2D eigenvalue weighted by atomic mass is 35.5. The minimum Gasteiger partial charge on any atom is -0.373 e. The first-order valence-electron chi connectivity index (χ1n) is 4.68. The van der Waals surface area contributed by atoms with Crippen LogP contribution < -0.4 is 5.32 Å². The van der Waals surface area contributed by atoms with Crippen molar-refractivity contribution in [3.63, 3.8) is 0 Å². The monoisotopic (exact) mass is 230 g/mol. The fraction of sp³-hybridized carbons (Fsp3) is 0.500. The van der Waals surface area contributed by atoms with Gasteiger partial charge in [-0.2, -0.15) is 11.8 Å². The van der Waals surface area contributed by atoms with E-state index in [1.165, 1.54) is 6.42 Å².